The summed E-state index contributed by atoms with van der Waals surface area (Å²) in [5.41, 5.74) is 0.204. The first-order chi connectivity index (χ1) is 8.38. The summed E-state index contributed by atoms with van der Waals surface area (Å²) in [5, 5.41) is 6.68. The van der Waals surface area contributed by atoms with Gasteiger partial charge in [0.25, 0.3) is 10.0 Å². The molecule has 0 amide bonds. The van der Waals surface area contributed by atoms with Gasteiger partial charge in [0.15, 0.2) is 0 Å². The number of rotatable bonds is 3. The maximum atomic E-state index is 12.9. The summed E-state index contributed by atoms with van der Waals surface area (Å²) in [6.45, 7) is 1.46. The molecule has 18 heavy (non-hydrogen) atoms. The van der Waals surface area contributed by atoms with Crippen molar-refractivity contribution in [3.05, 3.63) is 35.5 Å². The number of aryl methyl sites for hydroxylation is 1. The SMILES string of the molecule is Cc1nonc1NS(=O)(=O)c1cc(F)cc(F)c1. The lowest BCUT2D eigenvalue weighted by atomic mass is 10.3. The van der Waals surface area contributed by atoms with E-state index in [0.717, 1.165) is 0 Å². The Morgan fingerprint density at radius 3 is 2.28 bits per heavy atom. The lowest BCUT2D eigenvalue weighted by molar-refractivity contribution is 0.306. The van der Waals surface area contributed by atoms with Crippen LogP contribution in [0.5, 0.6) is 0 Å². The molecule has 1 heterocycles. The fourth-order valence-corrected chi connectivity index (χ4v) is 2.29. The summed E-state index contributed by atoms with van der Waals surface area (Å²) in [6.07, 6.45) is 0. The van der Waals surface area contributed by atoms with E-state index in [1.54, 1.807) is 0 Å². The summed E-state index contributed by atoms with van der Waals surface area (Å²) >= 11 is 0. The maximum Gasteiger partial charge on any atom is 0.263 e. The summed E-state index contributed by atoms with van der Waals surface area (Å²) in [7, 11) is -4.14. The van der Waals surface area contributed by atoms with Crippen molar-refractivity contribution in [3.8, 4) is 0 Å². The molecule has 0 fully saturated rings. The summed E-state index contributed by atoms with van der Waals surface area (Å²) in [4.78, 5) is -0.553. The Kier molecular flexibility index (Phi) is 2.99. The maximum absolute atomic E-state index is 12.9. The fraction of sp³-hybridized carbons (Fsp3) is 0.111. The van der Waals surface area contributed by atoms with Crippen LogP contribution in [-0.4, -0.2) is 18.7 Å². The van der Waals surface area contributed by atoms with Gasteiger partial charge in [-0.1, -0.05) is 5.16 Å². The van der Waals surface area contributed by atoms with Gasteiger partial charge in [-0.05, 0) is 24.2 Å². The smallest absolute Gasteiger partial charge is 0.259 e. The second kappa shape index (κ2) is 4.33. The van der Waals surface area contributed by atoms with Crippen LogP contribution in [0.3, 0.4) is 0 Å². The van der Waals surface area contributed by atoms with Gasteiger partial charge < -0.3 is 0 Å². The summed E-state index contributed by atoms with van der Waals surface area (Å²) in [6, 6.07) is 1.95. The van der Waals surface area contributed by atoms with E-state index in [1.165, 1.54) is 6.92 Å². The zero-order chi connectivity index (χ0) is 13.3. The topological polar surface area (TPSA) is 85.1 Å². The average Bonchev–Trinajstić information content (AvgIpc) is 2.62. The molecule has 0 radical (unpaired) electrons. The molecule has 0 bridgehead atoms. The third-order valence-electron chi connectivity index (χ3n) is 2.03. The Labute approximate surface area is 101 Å². The number of nitrogens with one attached hydrogen (secondary N) is 1. The first-order valence-electron chi connectivity index (χ1n) is 4.66. The van der Waals surface area contributed by atoms with Crippen LogP contribution < -0.4 is 4.72 Å². The van der Waals surface area contributed by atoms with Crippen molar-refractivity contribution in [3.63, 3.8) is 0 Å². The monoisotopic (exact) mass is 275 g/mol. The summed E-state index contributed by atoms with van der Waals surface area (Å²) in [5.74, 6) is -2.13. The molecule has 0 aliphatic heterocycles. The van der Waals surface area contributed by atoms with Crippen molar-refractivity contribution >= 4 is 15.8 Å². The van der Waals surface area contributed by atoms with Crippen LogP contribution in [0.2, 0.25) is 0 Å². The largest absolute Gasteiger partial charge is 0.263 e. The predicted octanol–water partition coefficient (Wildman–Crippen LogP) is 1.46. The molecule has 9 heteroatoms. The third-order valence-corrected chi connectivity index (χ3v) is 3.35. The van der Waals surface area contributed by atoms with Gasteiger partial charge in [0.1, 0.15) is 17.3 Å². The molecule has 1 N–H and O–H groups in total. The van der Waals surface area contributed by atoms with Gasteiger partial charge in [0, 0.05) is 6.07 Å². The highest BCUT2D eigenvalue weighted by Gasteiger charge is 2.19. The Hall–Kier alpha value is -2.03. The molecule has 1 aromatic carbocycles. The minimum atomic E-state index is -4.14. The molecule has 1 aromatic heterocycles. The van der Waals surface area contributed by atoms with Crippen LogP contribution in [0.4, 0.5) is 14.6 Å². The number of nitrogens with zero attached hydrogens (tertiary/aromatic N) is 2. The van der Waals surface area contributed by atoms with Gasteiger partial charge in [-0.25, -0.2) is 21.8 Å². The normalized spacial score (nSPS) is 11.5. The van der Waals surface area contributed by atoms with Crippen LogP contribution in [0, 0.1) is 18.6 Å². The predicted molar refractivity (Wildman–Crippen MR) is 56.2 cm³/mol. The number of sulfonamides is 1. The van der Waals surface area contributed by atoms with Crippen molar-refractivity contribution < 1.29 is 21.8 Å². The second-order valence-corrected chi connectivity index (χ2v) is 5.09. The second-order valence-electron chi connectivity index (χ2n) is 3.41. The molecule has 2 aromatic rings. The average molecular weight is 275 g/mol. The van der Waals surface area contributed by atoms with E-state index in [2.05, 4.69) is 14.9 Å². The Bertz CT molecular complexity index is 664. The van der Waals surface area contributed by atoms with Crippen LogP contribution >= 0.6 is 0 Å². The number of anilines is 1. The van der Waals surface area contributed by atoms with E-state index >= 15 is 0 Å². The van der Waals surface area contributed by atoms with Crippen molar-refractivity contribution in [2.75, 3.05) is 4.72 Å². The molecule has 96 valence electrons. The number of halogens is 2. The Balaban J connectivity index is 2.40. The summed E-state index contributed by atoms with van der Waals surface area (Å²) < 4.78 is 55.8. The van der Waals surface area contributed by atoms with Gasteiger partial charge in [-0.15, -0.1) is 0 Å². The molecule has 0 atom stereocenters. The zero-order valence-corrected chi connectivity index (χ0v) is 9.83. The number of hydrogen-bond acceptors (Lipinski definition) is 5. The third kappa shape index (κ3) is 2.45. The van der Waals surface area contributed by atoms with Crippen molar-refractivity contribution in [2.45, 2.75) is 11.8 Å². The van der Waals surface area contributed by atoms with Crippen LogP contribution in [0.15, 0.2) is 27.7 Å². The van der Waals surface area contributed by atoms with Crippen molar-refractivity contribution in [2.24, 2.45) is 0 Å². The van der Waals surface area contributed by atoms with Crippen LogP contribution in [0.1, 0.15) is 5.69 Å². The Morgan fingerprint density at radius 2 is 1.78 bits per heavy atom. The molecule has 0 saturated heterocycles. The number of hydrogen-bond donors (Lipinski definition) is 1. The van der Waals surface area contributed by atoms with Gasteiger partial charge >= 0.3 is 0 Å². The van der Waals surface area contributed by atoms with E-state index in [1.807, 2.05) is 4.72 Å². The quantitative estimate of drug-likeness (QED) is 0.916. The number of aromatic nitrogens is 2. The molecular formula is C9H7F2N3O3S. The van der Waals surface area contributed by atoms with Gasteiger partial charge in [0.05, 0.1) is 4.90 Å². The van der Waals surface area contributed by atoms with Gasteiger partial charge in [-0.2, -0.15) is 0 Å². The van der Waals surface area contributed by atoms with Crippen molar-refractivity contribution in [1.29, 1.82) is 0 Å². The van der Waals surface area contributed by atoms with Crippen LogP contribution in [0.25, 0.3) is 0 Å². The highest BCUT2D eigenvalue weighted by Crippen LogP contribution is 2.18. The molecule has 0 saturated carbocycles. The van der Waals surface area contributed by atoms with Gasteiger partial charge in [0.2, 0.25) is 5.82 Å². The van der Waals surface area contributed by atoms with Gasteiger partial charge in [-0.3, -0.25) is 4.72 Å². The van der Waals surface area contributed by atoms with E-state index in [9.17, 15) is 17.2 Å². The highest BCUT2D eigenvalue weighted by molar-refractivity contribution is 7.92. The van der Waals surface area contributed by atoms with E-state index < -0.39 is 26.6 Å². The van der Waals surface area contributed by atoms with E-state index in [4.69, 9.17) is 0 Å². The standard InChI is InChI=1S/C9H7F2N3O3S/c1-5-9(13-17-12-5)14-18(15,16)8-3-6(10)2-7(11)4-8/h2-4H,1H3,(H,13,14). The first-order valence-corrected chi connectivity index (χ1v) is 6.15. The molecule has 0 aliphatic carbocycles. The minimum absolute atomic E-state index is 0.139. The molecule has 6 nitrogen and oxygen atoms in total. The van der Waals surface area contributed by atoms with Crippen LogP contribution in [-0.2, 0) is 10.0 Å². The van der Waals surface area contributed by atoms with E-state index in [-0.39, 0.29) is 11.5 Å². The molecular weight excluding hydrogens is 268 g/mol. The first kappa shape index (κ1) is 12.4. The van der Waals surface area contributed by atoms with E-state index in [0.29, 0.717) is 18.2 Å². The highest BCUT2D eigenvalue weighted by atomic mass is 32.2. The minimum Gasteiger partial charge on any atom is -0.259 e. The molecule has 0 spiro atoms. The molecule has 2 rings (SSSR count). The number of benzene rings is 1. The molecule has 0 unspecified atom stereocenters. The Morgan fingerprint density at radius 1 is 1.17 bits per heavy atom. The zero-order valence-electron chi connectivity index (χ0n) is 9.02. The molecule has 0 aliphatic rings. The van der Waals surface area contributed by atoms with Crippen molar-refractivity contribution in [1.82, 2.24) is 10.3 Å². The lowest BCUT2D eigenvalue weighted by Gasteiger charge is -2.05. The lowest BCUT2D eigenvalue weighted by Crippen LogP contribution is -2.14. The fourth-order valence-electron chi connectivity index (χ4n) is 1.19.